The highest BCUT2D eigenvalue weighted by atomic mass is 15.4. The summed E-state index contributed by atoms with van der Waals surface area (Å²) < 4.78 is 1.92. The van der Waals surface area contributed by atoms with E-state index in [1.165, 1.54) is 0 Å². The van der Waals surface area contributed by atoms with Crippen molar-refractivity contribution in [3.05, 3.63) is 11.9 Å². The van der Waals surface area contributed by atoms with E-state index in [0.717, 1.165) is 44.7 Å². The molecule has 1 aromatic heterocycles. The summed E-state index contributed by atoms with van der Waals surface area (Å²) in [7, 11) is 0. The fourth-order valence-corrected chi connectivity index (χ4v) is 1.63. The van der Waals surface area contributed by atoms with Gasteiger partial charge in [-0.1, -0.05) is 19.1 Å². The molecule has 1 aromatic rings. The normalized spacial score (nSPS) is 11.2. The Morgan fingerprint density at radius 1 is 1.38 bits per heavy atom. The van der Waals surface area contributed by atoms with Crippen molar-refractivity contribution in [3.8, 4) is 0 Å². The molecule has 0 saturated carbocycles. The highest BCUT2D eigenvalue weighted by Gasteiger charge is 2.02. The molecule has 0 spiro atoms. The predicted octanol–water partition coefficient (Wildman–Crippen LogP) is 0.511. The van der Waals surface area contributed by atoms with Crippen LogP contribution in [0.5, 0.6) is 0 Å². The Balaban J connectivity index is 2.33. The number of aryl methyl sites for hydroxylation is 1. The molecule has 1 rings (SSSR count). The summed E-state index contributed by atoms with van der Waals surface area (Å²) >= 11 is 0. The number of hydrogen-bond donors (Lipinski definition) is 1. The second kappa shape index (κ2) is 7.35. The quantitative estimate of drug-likeness (QED) is 0.700. The van der Waals surface area contributed by atoms with E-state index < -0.39 is 0 Å². The first kappa shape index (κ1) is 13.1. The number of nitrogens with zero attached hydrogens (tertiary/aromatic N) is 4. The molecule has 0 aliphatic rings. The van der Waals surface area contributed by atoms with E-state index in [4.69, 9.17) is 5.73 Å². The van der Waals surface area contributed by atoms with Gasteiger partial charge in [-0.25, -0.2) is 0 Å². The van der Waals surface area contributed by atoms with Crippen LogP contribution in [0.3, 0.4) is 0 Å². The molecule has 0 aliphatic heterocycles. The van der Waals surface area contributed by atoms with Crippen molar-refractivity contribution >= 4 is 0 Å². The Labute approximate surface area is 97.6 Å². The molecule has 92 valence electrons. The maximum Gasteiger partial charge on any atom is 0.0827 e. The van der Waals surface area contributed by atoms with Gasteiger partial charge in [-0.15, -0.1) is 5.10 Å². The van der Waals surface area contributed by atoms with E-state index in [1.54, 1.807) is 0 Å². The van der Waals surface area contributed by atoms with Crippen LogP contribution in [0.25, 0.3) is 0 Å². The van der Waals surface area contributed by atoms with Crippen LogP contribution < -0.4 is 5.73 Å². The summed E-state index contributed by atoms with van der Waals surface area (Å²) in [5, 5.41) is 8.23. The van der Waals surface area contributed by atoms with E-state index in [0.29, 0.717) is 6.54 Å². The summed E-state index contributed by atoms with van der Waals surface area (Å²) in [6, 6.07) is 0. The van der Waals surface area contributed by atoms with Gasteiger partial charge in [-0.2, -0.15) is 0 Å². The van der Waals surface area contributed by atoms with Crippen LogP contribution in [0, 0.1) is 0 Å². The molecule has 0 bridgehead atoms. The number of aromatic nitrogens is 3. The zero-order valence-corrected chi connectivity index (χ0v) is 10.4. The lowest BCUT2D eigenvalue weighted by atomic mass is 10.2. The average molecular weight is 225 g/mol. The lowest BCUT2D eigenvalue weighted by Crippen LogP contribution is -2.27. The van der Waals surface area contributed by atoms with Gasteiger partial charge in [0.1, 0.15) is 0 Å². The predicted molar refractivity (Wildman–Crippen MR) is 65.2 cm³/mol. The van der Waals surface area contributed by atoms with Crippen LogP contribution in [0.2, 0.25) is 0 Å². The molecule has 5 nitrogen and oxygen atoms in total. The third-order valence-electron chi connectivity index (χ3n) is 2.76. The molecule has 0 unspecified atom stereocenters. The summed E-state index contributed by atoms with van der Waals surface area (Å²) in [6.07, 6.45) is 3.94. The zero-order chi connectivity index (χ0) is 11.8. The van der Waals surface area contributed by atoms with E-state index in [2.05, 4.69) is 29.1 Å². The van der Waals surface area contributed by atoms with Gasteiger partial charge in [-0.3, -0.25) is 4.68 Å². The van der Waals surface area contributed by atoms with Gasteiger partial charge in [0.25, 0.3) is 0 Å². The minimum absolute atomic E-state index is 0.715. The molecular formula is C11H23N5. The van der Waals surface area contributed by atoms with Crippen LogP contribution in [0.15, 0.2) is 6.20 Å². The van der Waals surface area contributed by atoms with Crippen LogP contribution in [-0.2, 0) is 13.0 Å². The summed E-state index contributed by atoms with van der Waals surface area (Å²) in [5.41, 5.74) is 6.50. The third-order valence-corrected chi connectivity index (χ3v) is 2.76. The van der Waals surface area contributed by atoms with Gasteiger partial charge in [-0.05, 0) is 32.5 Å². The van der Waals surface area contributed by atoms with Crippen molar-refractivity contribution in [2.75, 3.05) is 26.2 Å². The first-order chi connectivity index (χ1) is 7.80. The van der Waals surface area contributed by atoms with Crippen LogP contribution in [0.1, 0.15) is 26.0 Å². The Bertz CT molecular complexity index is 280. The molecule has 5 heteroatoms. The summed E-state index contributed by atoms with van der Waals surface area (Å²) in [6.45, 7) is 9.20. The minimum Gasteiger partial charge on any atom is -0.330 e. The molecule has 1 heterocycles. The molecule has 16 heavy (non-hydrogen) atoms. The number of hydrogen-bond acceptors (Lipinski definition) is 4. The van der Waals surface area contributed by atoms with Crippen molar-refractivity contribution in [1.82, 2.24) is 19.9 Å². The SMILES string of the molecule is CCN(CC)CCn1cc(CCCN)nn1. The maximum absolute atomic E-state index is 5.46. The van der Waals surface area contributed by atoms with Crippen molar-refractivity contribution in [2.24, 2.45) is 5.73 Å². The molecule has 0 aromatic carbocycles. The Kier molecular flexibility index (Phi) is 6.03. The molecule has 0 amide bonds. The fraction of sp³-hybridized carbons (Fsp3) is 0.818. The van der Waals surface area contributed by atoms with Gasteiger partial charge < -0.3 is 10.6 Å². The van der Waals surface area contributed by atoms with Crippen molar-refractivity contribution in [1.29, 1.82) is 0 Å². The monoisotopic (exact) mass is 225 g/mol. The number of likely N-dealkylation sites (N-methyl/N-ethyl adjacent to an activating group) is 1. The zero-order valence-electron chi connectivity index (χ0n) is 10.4. The van der Waals surface area contributed by atoms with Gasteiger partial charge in [0.05, 0.1) is 12.2 Å². The minimum atomic E-state index is 0.715. The Hall–Kier alpha value is -0.940. The highest BCUT2D eigenvalue weighted by Crippen LogP contribution is 1.98. The van der Waals surface area contributed by atoms with E-state index in [1.807, 2.05) is 10.9 Å². The lowest BCUT2D eigenvalue weighted by Gasteiger charge is -2.17. The standard InChI is InChI=1S/C11H23N5/c1-3-15(4-2)8-9-16-10-11(13-14-16)6-5-7-12/h10H,3-9,12H2,1-2H3. The second-order valence-electron chi connectivity index (χ2n) is 3.89. The molecule has 0 saturated heterocycles. The molecular weight excluding hydrogens is 202 g/mol. The topological polar surface area (TPSA) is 60.0 Å². The fourth-order valence-electron chi connectivity index (χ4n) is 1.63. The Morgan fingerprint density at radius 2 is 2.12 bits per heavy atom. The highest BCUT2D eigenvalue weighted by molar-refractivity contribution is 4.92. The molecule has 2 N–H and O–H groups in total. The molecule has 0 radical (unpaired) electrons. The molecule has 0 aliphatic carbocycles. The van der Waals surface area contributed by atoms with E-state index in [9.17, 15) is 0 Å². The van der Waals surface area contributed by atoms with E-state index >= 15 is 0 Å². The lowest BCUT2D eigenvalue weighted by molar-refractivity contribution is 0.284. The number of rotatable bonds is 8. The summed E-state index contributed by atoms with van der Waals surface area (Å²) in [4.78, 5) is 2.38. The maximum atomic E-state index is 5.46. The third kappa shape index (κ3) is 4.28. The molecule has 0 fully saturated rings. The molecule has 0 atom stereocenters. The first-order valence-corrected chi connectivity index (χ1v) is 6.11. The first-order valence-electron chi connectivity index (χ1n) is 6.11. The van der Waals surface area contributed by atoms with Crippen molar-refractivity contribution in [3.63, 3.8) is 0 Å². The average Bonchev–Trinajstić information content (AvgIpc) is 2.76. The number of nitrogens with two attached hydrogens (primary N) is 1. The smallest absolute Gasteiger partial charge is 0.0827 e. The van der Waals surface area contributed by atoms with Gasteiger partial charge in [0.2, 0.25) is 0 Å². The van der Waals surface area contributed by atoms with Crippen LogP contribution >= 0.6 is 0 Å². The van der Waals surface area contributed by atoms with E-state index in [-0.39, 0.29) is 0 Å². The van der Waals surface area contributed by atoms with Crippen LogP contribution in [0.4, 0.5) is 0 Å². The van der Waals surface area contributed by atoms with Crippen molar-refractivity contribution in [2.45, 2.75) is 33.2 Å². The van der Waals surface area contributed by atoms with Gasteiger partial charge in [0, 0.05) is 12.7 Å². The van der Waals surface area contributed by atoms with Gasteiger partial charge in [0.15, 0.2) is 0 Å². The summed E-state index contributed by atoms with van der Waals surface area (Å²) in [5.74, 6) is 0. The second-order valence-corrected chi connectivity index (χ2v) is 3.89. The van der Waals surface area contributed by atoms with Gasteiger partial charge >= 0.3 is 0 Å². The van der Waals surface area contributed by atoms with Crippen LogP contribution in [-0.4, -0.2) is 46.1 Å². The van der Waals surface area contributed by atoms with Crippen molar-refractivity contribution < 1.29 is 0 Å². The Morgan fingerprint density at radius 3 is 2.75 bits per heavy atom. The largest absolute Gasteiger partial charge is 0.330 e.